The first-order chi connectivity index (χ1) is 7.04. The Morgan fingerprint density at radius 1 is 1.47 bits per heavy atom. The molecule has 0 saturated carbocycles. The van der Waals surface area contributed by atoms with Gasteiger partial charge in [0, 0.05) is 21.4 Å². The number of fused-ring (bicyclic) bond motifs is 1. The van der Waals surface area contributed by atoms with Crippen LogP contribution in [0.25, 0.3) is 0 Å². The van der Waals surface area contributed by atoms with Gasteiger partial charge in [0.25, 0.3) is 0 Å². The zero-order chi connectivity index (χ0) is 11.1. The number of rotatable bonds is 1. The van der Waals surface area contributed by atoms with E-state index in [9.17, 15) is 0 Å². The summed E-state index contributed by atoms with van der Waals surface area (Å²) in [6, 6.07) is 6.82. The minimum atomic E-state index is 0.151. The third-order valence-electron chi connectivity index (χ3n) is 3.04. The van der Waals surface area contributed by atoms with Crippen LogP contribution < -0.4 is 5.73 Å². The average Bonchev–Trinajstić information content (AvgIpc) is 2.24. The van der Waals surface area contributed by atoms with Crippen molar-refractivity contribution in [2.75, 3.05) is 6.26 Å². The first-order valence-corrected chi connectivity index (χ1v) is 7.32. The Bertz CT molecular complexity index is 374. The third-order valence-corrected chi connectivity index (χ3v) is 5.22. The molecule has 1 unspecified atom stereocenters. The van der Waals surface area contributed by atoms with E-state index in [1.165, 1.54) is 16.0 Å². The fourth-order valence-corrected chi connectivity index (χ4v) is 3.39. The molecule has 1 aliphatic rings. The molecule has 1 aliphatic heterocycles. The zero-order valence-electron chi connectivity index (χ0n) is 9.41. The summed E-state index contributed by atoms with van der Waals surface area (Å²) in [5.74, 6) is 1.09. The van der Waals surface area contributed by atoms with Gasteiger partial charge in [-0.3, -0.25) is 0 Å². The molecule has 0 bridgehead atoms. The summed E-state index contributed by atoms with van der Waals surface area (Å²) in [5.41, 5.74) is 9.06. The Hall–Kier alpha value is -0.120. The Balaban J connectivity index is 2.44. The van der Waals surface area contributed by atoms with Crippen LogP contribution in [0.5, 0.6) is 0 Å². The van der Waals surface area contributed by atoms with Crippen LogP contribution in [0.4, 0.5) is 0 Å². The molecule has 0 amide bonds. The number of thioether (sulfide) groups is 2. The van der Waals surface area contributed by atoms with Gasteiger partial charge in [-0.1, -0.05) is 6.07 Å². The molecule has 1 nitrogen and oxygen atoms in total. The van der Waals surface area contributed by atoms with Crippen molar-refractivity contribution in [3.05, 3.63) is 29.3 Å². The van der Waals surface area contributed by atoms with E-state index in [0.29, 0.717) is 0 Å². The SMILES string of the molecule is CSc1ccc2c(c1)C(N)C(C)(C)SC2. The van der Waals surface area contributed by atoms with Crippen molar-refractivity contribution in [2.24, 2.45) is 5.73 Å². The molecule has 0 fully saturated rings. The maximum atomic E-state index is 6.32. The van der Waals surface area contributed by atoms with Gasteiger partial charge >= 0.3 is 0 Å². The highest BCUT2D eigenvalue weighted by Crippen LogP contribution is 2.44. The lowest BCUT2D eigenvalue weighted by Crippen LogP contribution is -2.36. The first-order valence-electron chi connectivity index (χ1n) is 5.11. The van der Waals surface area contributed by atoms with Crippen LogP contribution in [0.15, 0.2) is 23.1 Å². The summed E-state index contributed by atoms with van der Waals surface area (Å²) in [6.45, 7) is 4.47. The predicted molar refractivity (Wildman–Crippen MR) is 70.5 cm³/mol. The largest absolute Gasteiger partial charge is 0.323 e. The van der Waals surface area contributed by atoms with E-state index in [-0.39, 0.29) is 10.8 Å². The van der Waals surface area contributed by atoms with Crippen LogP contribution in [-0.4, -0.2) is 11.0 Å². The second-order valence-corrected chi connectivity index (χ2v) is 6.94. The highest BCUT2D eigenvalue weighted by molar-refractivity contribution is 8.00. The van der Waals surface area contributed by atoms with Crippen LogP contribution in [-0.2, 0) is 5.75 Å². The smallest absolute Gasteiger partial charge is 0.0442 e. The van der Waals surface area contributed by atoms with Gasteiger partial charge in [0.1, 0.15) is 0 Å². The zero-order valence-corrected chi connectivity index (χ0v) is 11.0. The van der Waals surface area contributed by atoms with Crippen molar-refractivity contribution in [2.45, 2.75) is 35.3 Å². The highest BCUT2D eigenvalue weighted by Gasteiger charge is 2.33. The van der Waals surface area contributed by atoms with Gasteiger partial charge in [0.15, 0.2) is 0 Å². The van der Waals surface area contributed by atoms with Gasteiger partial charge in [-0.05, 0) is 43.4 Å². The monoisotopic (exact) mass is 239 g/mol. The van der Waals surface area contributed by atoms with Crippen molar-refractivity contribution in [3.8, 4) is 0 Å². The van der Waals surface area contributed by atoms with Gasteiger partial charge in [0.2, 0.25) is 0 Å². The molecular weight excluding hydrogens is 222 g/mol. The Morgan fingerprint density at radius 2 is 2.20 bits per heavy atom. The third kappa shape index (κ3) is 2.05. The molecule has 1 aromatic carbocycles. The second kappa shape index (κ2) is 4.04. The van der Waals surface area contributed by atoms with Crippen LogP contribution in [0, 0.1) is 0 Å². The first kappa shape index (κ1) is 11.4. The average molecular weight is 239 g/mol. The lowest BCUT2D eigenvalue weighted by Gasteiger charge is -2.37. The van der Waals surface area contributed by atoms with Gasteiger partial charge < -0.3 is 5.73 Å². The number of hydrogen-bond donors (Lipinski definition) is 1. The number of nitrogens with two attached hydrogens (primary N) is 1. The lowest BCUT2D eigenvalue weighted by atomic mass is 9.92. The van der Waals surface area contributed by atoms with Crippen LogP contribution in [0.2, 0.25) is 0 Å². The van der Waals surface area contributed by atoms with E-state index in [0.717, 1.165) is 5.75 Å². The fourth-order valence-electron chi connectivity index (χ4n) is 1.85. The van der Waals surface area contributed by atoms with Gasteiger partial charge in [-0.15, -0.1) is 23.5 Å². The van der Waals surface area contributed by atoms with E-state index in [1.54, 1.807) is 11.8 Å². The molecule has 1 heterocycles. The Kier molecular flexibility index (Phi) is 3.06. The molecule has 1 atom stereocenters. The number of hydrogen-bond acceptors (Lipinski definition) is 3. The molecule has 2 rings (SSSR count). The van der Waals surface area contributed by atoms with E-state index < -0.39 is 0 Å². The van der Waals surface area contributed by atoms with Crippen molar-refractivity contribution in [1.29, 1.82) is 0 Å². The standard InChI is InChI=1S/C12H17NS2/c1-12(2)11(13)10-6-9(14-3)5-4-8(10)7-15-12/h4-6,11H,7,13H2,1-3H3. The maximum absolute atomic E-state index is 6.32. The van der Waals surface area contributed by atoms with Gasteiger partial charge in [-0.2, -0.15) is 0 Å². The summed E-state index contributed by atoms with van der Waals surface area (Å²) in [4.78, 5) is 1.31. The molecule has 2 N–H and O–H groups in total. The molecule has 15 heavy (non-hydrogen) atoms. The van der Waals surface area contributed by atoms with Crippen LogP contribution in [0.1, 0.15) is 31.0 Å². The molecule has 1 aromatic rings. The molecule has 0 radical (unpaired) electrons. The molecule has 0 saturated heterocycles. The molecule has 3 heteroatoms. The summed E-state index contributed by atoms with van der Waals surface area (Å²) in [5, 5.41) is 0. The van der Waals surface area contributed by atoms with Crippen LogP contribution >= 0.6 is 23.5 Å². The fraction of sp³-hybridized carbons (Fsp3) is 0.500. The molecule has 82 valence electrons. The van der Waals surface area contributed by atoms with E-state index >= 15 is 0 Å². The number of benzene rings is 1. The second-order valence-electron chi connectivity index (χ2n) is 4.43. The Morgan fingerprint density at radius 3 is 2.87 bits per heavy atom. The molecule has 0 aliphatic carbocycles. The Labute approximate surface area is 100 Å². The predicted octanol–water partition coefficient (Wildman–Crippen LogP) is 3.43. The highest BCUT2D eigenvalue weighted by atomic mass is 32.2. The summed E-state index contributed by atoms with van der Waals surface area (Å²) in [7, 11) is 0. The minimum Gasteiger partial charge on any atom is -0.323 e. The van der Waals surface area contributed by atoms with E-state index in [4.69, 9.17) is 5.73 Å². The summed E-state index contributed by atoms with van der Waals surface area (Å²) in [6.07, 6.45) is 2.11. The molecular formula is C12H17NS2. The quantitative estimate of drug-likeness (QED) is 0.760. The van der Waals surface area contributed by atoms with Crippen molar-refractivity contribution < 1.29 is 0 Å². The summed E-state index contributed by atoms with van der Waals surface area (Å²) >= 11 is 3.73. The van der Waals surface area contributed by atoms with Crippen molar-refractivity contribution in [1.82, 2.24) is 0 Å². The van der Waals surface area contributed by atoms with E-state index in [2.05, 4.69) is 38.3 Å². The lowest BCUT2D eigenvalue weighted by molar-refractivity contribution is 0.551. The van der Waals surface area contributed by atoms with Gasteiger partial charge in [-0.25, -0.2) is 0 Å². The van der Waals surface area contributed by atoms with Crippen molar-refractivity contribution in [3.63, 3.8) is 0 Å². The minimum absolute atomic E-state index is 0.151. The molecule has 0 spiro atoms. The topological polar surface area (TPSA) is 26.0 Å². The van der Waals surface area contributed by atoms with Crippen LogP contribution in [0.3, 0.4) is 0 Å². The maximum Gasteiger partial charge on any atom is 0.0442 e. The van der Waals surface area contributed by atoms with E-state index in [1.807, 2.05) is 11.8 Å². The van der Waals surface area contributed by atoms with Gasteiger partial charge in [0.05, 0.1) is 0 Å². The van der Waals surface area contributed by atoms with Crippen molar-refractivity contribution >= 4 is 23.5 Å². The summed E-state index contributed by atoms with van der Waals surface area (Å²) < 4.78 is 0.157. The normalized spacial score (nSPS) is 23.6. The molecule has 0 aromatic heterocycles.